The first kappa shape index (κ1) is 8.94. The summed E-state index contributed by atoms with van der Waals surface area (Å²) < 4.78 is 11.9. The van der Waals surface area contributed by atoms with Gasteiger partial charge >= 0.3 is 0 Å². The fourth-order valence-electron chi connectivity index (χ4n) is 1.59. The number of hydrogen-bond donors (Lipinski definition) is 0. The second kappa shape index (κ2) is 4.02. The largest absolute Gasteiger partial charge is 0.305 e. The van der Waals surface area contributed by atoms with Crippen LogP contribution in [-0.2, 0) is 0 Å². The molecule has 1 rings (SSSR count). The highest BCUT2D eigenvalue weighted by atomic mass is 19.1. The summed E-state index contributed by atoms with van der Waals surface area (Å²) in [6, 6.07) is 0.579. The van der Waals surface area contributed by atoms with Crippen LogP contribution in [0.3, 0.4) is 0 Å². The Hall–Kier alpha value is -0.150. The summed E-state index contributed by atoms with van der Waals surface area (Å²) >= 11 is 0. The molecule has 0 aromatic rings. The predicted octanol–water partition coefficient (Wildman–Crippen LogP) is 0.592. The monoisotopic (exact) mass is 160 g/mol. The second-order valence-corrected chi connectivity index (χ2v) is 3.37. The highest BCUT2D eigenvalue weighted by Crippen LogP contribution is 2.11. The third-order valence-corrected chi connectivity index (χ3v) is 2.43. The van der Waals surface area contributed by atoms with E-state index in [0.29, 0.717) is 12.6 Å². The highest BCUT2D eigenvalue weighted by molar-refractivity contribution is 4.79. The van der Waals surface area contributed by atoms with Gasteiger partial charge in [-0.15, -0.1) is 0 Å². The van der Waals surface area contributed by atoms with Crippen LogP contribution in [0.15, 0.2) is 0 Å². The Morgan fingerprint density at radius 3 is 2.82 bits per heavy atom. The minimum atomic E-state index is -0.225. The van der Waals surface area contributed by atoms with Gasteiger partial charge in [-0.05, 0) is 27.1 Å². The molecular formula is C8H17FN2. The molecule has 1 aliphatic rings. The zero-order valence-electron chi connectivity index (χ0n) is 7.39. The topological polar surface area (TPSA) is 6.48 Å². The van der Waals surface area contributed by atoms with Crippen molar-refractivity contribution in [2.24, 2.45) is 0 Å². The van der Waals surface area contributed by atoms with Crippen molar-refractivity contribution in [2.75, 3.05) is 40.4 Å². The molecule has 1 fully saturated rings. The Bertz CT molecular complexity index is 119. The summed E-state index contributed by atoms with van der Waals surface area (Å²) in [7, 11) is 4.12. The first-order chi connectivity index (χ1) is 5.24. The van der Waals surface area contributed by atoms with E-state index in [-0.39, 0.29) is 6.67 Å². The van der Waals surface area contributed by atoms with Gasteiger partial charge in [-0.25, -0.2) is 4.39 Å². The predicted molar refractivity (Wildman–Crippen MR) is 44.5 cm³/mol. The number of likely N-dealkylation sites (N-methyl/N-ethyl adjacent to an activating group) is 2. The summed E-state index contributed by atoms with van der Waals surface area (Å²) in [4.78, 5) is 4.41. The Morgan fingerprint density at radius 2 is 2.36 bits per heavy atom. The average molecular weight is 160 g/mol. The zero-order chi connectivity index (χ0) is 8.27. The van der Waals surface area contributed by atoms with E-state index in [1.54, 1.807) is 0 Å². The van der Waals surface area contributed by atoms with Gasteiger partial charge in [0.05, 0.1) is 0 Å². The van der Waals surface area contributed by atoms with Crippen LogP contribution in [0.1, 0.15) is 6.42 Å². The molecule has 1 saturated heterocycles. The molecule has 0 spiro atoms. The number of halogens is 1. The van der Waals surface area contributed by atoms with E-state index in [0.717, 1.165) is 13.1 Å². The lowest BCUT2D eigenvalue weighted by Gasteiger charge is -2.22. The molecule has 0 saturated carbocycles. The fraction of sp³-hybridized carbons (Fsp3) is 1.00. The van der Waals surface area contributed by atoms with Crippen molar-refractivity contribution in [3.8, 4) is 0 Å². The van der Waals surface area contributed by atoms with Crippen molar-refractivity contribution in [1.29, 1.82) is 0 Å². The van der Waals surface area contributed by atoms with Gasteiger partial charge in [0.15, 0.2) is 0 Å². The molecule has 0 unspecified atom stereocenters. The van der Waals surface area contributed by atoms with Crippen molar-refractivity contribution in [3.05, 3.63) is 0 Å². The molecule has 0 N–H and O–H groups in total. The van der Waals surface area contributed by atoms with Gasteiger partial charge in [-0.1, -0.05) is 0 Å². The van der Waals surface area contributed by atoms with Crippen molar-refractivity contribution < 1.29 is 4.39 Å². The number of rotatable bonds is 3. The van der Waals surface area contributed by atoms with E-state index in [1.807, 2.05) is 7.05 Å². The van der Waals surface area contributed by atoms with Crippen LogP contribution in [0.5, 0.6) is 0 Å². The van der Waals surface area contributed by atoms with Crippen LogP contribution < -0.4 is 0 Å². The number of likely N-dealkylation sites (tertiary alicyclic amines) is 1. The van der Waals surface area contributed by atoms with Crippen LogP contribution in [0.2, 0.25) is 0 Å². The van der Waals surface area contributed by atoms with Gasteiger partial charge in [0.2, 0.25) is 0 Å². The Morgan fingerprint density at radius 1 is 1.64 bits per heavy atom. The Kier molecular flexibility index (Phi) is 3.27. The molecule has 2 nitrogen and oxygen atoms in total. The van der Waals surface area contributed by atoms with E-state index in [4.69, 9.17) is 0 Å². The van der Waals surface area contributed by atoms with Gasteiger partial charge in [-0.2, -0.15) is 0 Å². The zero-order valence-corrected chi connectivity index (χ0v) is 7.39. The second-order valence-electron chi connectivity index (χ2n) is 3.37. The molecule has 11 heavy (non-hydrogen) atoms. The summed E-state index contributed by atoms with van der Waals surface area (Å²) in [6.45, 7) is 2.60. The van der Waals surface area contributed by atoms with Crippen LogP contribution in [0.25, 0.3) is 0 Å². The normalized spacial score (nSPS) is 26.7. The lowest BCUT2D eigenvalue weighted by Crippen LogP contribution is -2.35. The minimum absolute atomic E-state index is 0.225. The quantitative estimate of drug-likeness (QED) is 0.596. The van der Waals surface area contributed by atoms with Crippen molar-refractivity contribution in [2.45, 2.75) is 12.5 Å². The van der Waals surface area contributed by atoms with E-state index in [1.165, 1.54) is 6.42 Å². The fourth-order valence-corrected chi connectivity index (χ4v) is 1.59. The number of nitrogens with zero attached hydrogens (tertiary/aromatic N) is 2. The molecular weight excluding hydrogens is 143 g/mol. The van der Waals surface area contributed by atoms with E-state index in [9.17, 15) is 4.39 Å². The molecule has 3 heteroatoms. The van der Waals surface area contributed by atoms with Gasteiger partial charge in [0, 0.05) is 19.1 Å². The number of hydrogen-bond acceptors (Lipinski definition) is 2. The van der Waals surface area contributed by atoms with Crippen LogP contribution in [0.4, 0.5) is 4.39 Å². The molecule has 0 aromatic carbocycles. The minimum Gasteiger partial charge on any atom is -0.305 e. The van der Waals surface area contributed by atoms with Crippen LogP contribution >= 0.6 is 0 Å². The molecule has 0 aromatic heterocycles. The van der Waals surface area contributed by atoms with Crippen molar-refractivity contribution in [3.63, 3.8) is 0 Å². The molecule has 0 aliphatic carbocycles. The summed E-state index contributed by atoms with van der Waals surface area (Å²) in [5.74, 6) is 0. The van der Waals surface area contributed by atoms with Crippen LogP contribution in [-0.4, -0.2) is 56.2 Å². The summed E-state index contributed by atoms with van der Waals surface area (Å²) in [5, 5.41) is 0. The van der Waals surface area contributed by atoms with Gasteiger partial charge in [-0.3, -0.25) is 4.90 Å². The molecule has 0 bridgehead atoms. The Balaban J connectivity index is 2.25. The summed E-state index contributed by atoms with van der Waals surface area (Å²) in [5.41, 5.74) is 0. The van der Waals surface area contributed by atoms with Gasteiger partial charge in [0.25, 0.3) is 0 Å². The number of alkyl halides is 1. The Labute approximate surface area is 68.0 Å². The molecule has 1 aliphatic heterocycles. The third kappa shape index (κ3) is 2.42. The van der Waals surface area contributed by atoms with Gasteiger partial charge in [0.1, 0.15) is 6.67 Å². The SMILES string of the molecule is CN1CC[C@@H](N(C)CCF)C1. The average Bonchev–Trinajstić information content (AvgIpc) is 2.36. The van der Waals surface area contributed by atoms with Crippen molar-refractivity contribution >= 4 is 0 Å². The smallest absolute Gasteiger partial charge is 0.102 e. The standard InChI is InChI=1S/C8H17FN2/c1-10-5-3-8(7-10)11(2)6-4-9/h8H,3-7H2,1-2H3/t8-/m1/s1. The highest BCUT2D eigenvalue weighted by Gasteiger charge is 2.22. The maximum Gasteiger partial charge on any atom is 0.102 e. The summed E-state index contributed by atoms with van der Waals surface area (Å²) in [6.07, 6.45) is 1.19. The van der Waals surface area contributed by atoms with Crippen molar-refractivity contribution in [1.82, 2.24) is 9.80 Å². The first-order valence-corrected chi connectivity index (χ1v) is 4.19. The van der Waals surface area contributed by atoms with E-state index >= 15 is 0 Å². The van der Waals surface area contributed by atoms with E-state index < -0.39 is 0 Å². The maximum atomic E-state index is 11.9. The third-order valence-electron chi connectivity index (χ3n) is 2.43. The molecule has 1 heterocycles. The molecule has 0 radical (unpaired) electrons. The van der Waals surface area contributed by atoms with E-state index in [2.05, 4.69) is 16.8 Å². The lowest BCUT2D eigenvalue weighted by atomic mass is 10.2. The van der Waals surface area contributed by atoms with Crippen LogP contribution in [0, 0.1) is 0 Å². The molecule has 0 amide bonds. The molecule has 1 atom stereocenters. The van der Waals surface area contributed by atoms with Gasteiger partial charge < -0.3 is 4.90 Å². The maximum absolute atomic E-state index is 11.9. The lowest BCUT2D eigenvalue weighted by molar-refractivity contribution is 0.222. The first-order valence-electron chi connectivity index (χ1n) is 4.19. The molecule has 66 valence electrons.